The van der Waals surface area contributed by atoms with E-state index in [-0.39, 0.29) is 4.90 Å². The molecule has 0 aliphatic rings. The van der Waals surface area contributed by atoms with E-state index in [0.717, 1.165) is 20.6 Å². The fraction of sp³-hybridized carbons (Fsp3) is 0.188. The maximum absolute atomic E-state index is 13.9. The van der Waals surface area contributed by atoms with E-state index in [2.05, 4.69) is 4.98 Å². The van der Waals surface area contributed by atoms with Crippen LogP contribution < -0.4 is 0 Å². The normalized spacial score (nSPS) is 13.6. The molecule has 1 aromatic heterocycles. The zero-order valence-corrected chi connectivity index (χ0v) is 14.2. The number of hydrogen-bond acceptors (Lipinski definition) is 4. The number of benzene rings is 2. The van der Waals surface area contributed by atoms with Crippen molar-refractivity contribution in [3.63, 3.8) is 0 Å². The van der Waals surface area contributed by atoms with Crippen molar-refractivity contribution in [1.82, 2.24) is 9.29 Å². The predicted octanol–water partition coefficient (Wildman–Crippen LogP) is 3.82. The molecule has 0 aliphatic carbocycles. The summed E-state index contributed by atoms with van der Waals surface area (Å²) in [5.74, 6) is -0.754. The minimum atomic E-state index is -3.93. The Morgan fingerprint density at radius 2 is 1.78 bits per heavy atom. The summed E-state index contributed by atoms with van der Waals surface area (Å²) in [6.07, 6.45) is 0. The molecule has 7 heteroatoms. The minimum absolute atomic E-state index is 0.324. The van der Waals surface area contributed by atoms with Gasteiger partial charge in [0.2, 0.25) is 10.0 Å². The first-order valence-electron chi connectivity index (χ1n) is 6.99. The van der Waals surface area contributed by atoms with Crippen LogP contribution in [0.3, 0.4) is 0 Å². The first kappa shape index (κ1) is 16.0. The number of rotatable bonds is 4. The van der Waals surface area contributed by atoms with Crippen LogP contribution in [-0.2, 0) is 10.0 Å². The fourth-order valence-corrected chi connectivity index (χ4v) is 4.76. The molecule has 0 amide bonds. The Morgan fingerprint density at radius 1 is 1.13 bits per heavy atom. The Morgan fingerprint density at radius 3 is 2.48 bits per heavy atom. The lowest BCUT2D eigenvalue weighted by Crippen LogP contribution is -2.30. The van der Waals surface area contributed by atoms with Gasteiger partial charge in [-0.25, -0.2) is 17.8 Å². The summed E-state index contributed by atoms with van der Waals surface area (Å²) in [5.41, 5.74) is 0.830. The molecule has 1 heterocycles. The highest BCUT2D eigenvalue weighted by molar-refractivity contribution is 7.89. The van der Waals surface area contributed by atoms with Crippen LogP contribution in [0.4, 0.5) is 4.39 Å². The second-order valence-corrected chi connectivity index (χ2v) is 8.18. The number of aromatic nitrogens is 1. The molecular weight excluding hydrogens is 335 g/mol. The predicted molar refractivity (Wildman–Crippen MR) is 89.4 cm³/mol. The monoisotopic (exact) mass is 350 g/mol. The van der Waals surface area contributed by atoms with E-state index >= 15 is 0 Å². The number of nitrogens with zero attached hydrogens (tertiary/aromatic N) is 2. The third-order valence-electron chi connectivity index (χ3n) is 3.71. The molecule has 1 atom stereocenters. The largest absolute Gasteiger partial charge is 0.246 e. The van der Waals surface area contributed by atoms with E-state index in [1.54, 1.807) is 6.92 Å². The molecule has 0 saturated heterocycles. The topological polar surface area (TPSA) is 50.3 Å². The van der Waals surface area contributed by atoms with Crippen LogP contribution in [0.1, 0.15) is 18.0 Å². The third-order valence-corrected chi connectivity index (χ3v) is 6.87. The highest BCUT2D eigenvalue weighted by Gasteiger charge is 2.30. The highest BCUT2D eigenvalue weighted by Crippen LogP contribution is 2.32. The Hall–Kier alpha value is -1.83. The molecule has 0 bridgehead atoms. The molecule has 4 nitrogen and oxygen atoms in total. The molecule has 2 aromatic carbocycles. The first-order valence-corrected chi connectivity index (χ1v) is 9.25. The molecule has 0 saturated carbocycles. The van der Waals surface area contributed by atoms with Crippen molar-refractivity contribution in [2.45, 2.75) is 17.9 Å². The fourth-order valence-electron chi connectivity index (χ4n) is 2.24. The quantitative estimate of drug-likeness (QED) is 0.719. The van der Waals surface area contributed by atoms with E-state index < -0.39 is 21.9 Å². The first-order chi connectivity index (χ1) is 10.9. The Balaban J connectivity index is 1.98. The van der Waals surface area contributed by atoms with Gasteiger partial charge in [0.1, 0.15) is 15.7 Å². The summed E-state index contributed by atoms with van der Waals surface area (Å²) in [5, 5.41) is 0.675. The van der Waals surface area contributed by atoms with Crippen molar-refractivity contribution in [1.29, 1.82) is 0 Å². The van der Waals surface area contributed by atoms with E-state index in [4.69, 9.17) is 0 Å². The van der Waals surface area contributed by atoms with Crippen LogP contribution in [-0.4, -0.2) is 24.8 Å². The molecule has 0 fully saturated rings. The van der Waals surface area contributed by atoms with Gasteiger partial charge in [0.25, 0.3) is 0 Å². The van der Waals surface area contributed by atoms with Crippen LogP contribution in [0.2, 0.25) is 0 Å². The van der Waals surface area contributed by atoms with Crippen LogP contribution in [0, 0.1) is 5.82 Å². The van der Waals surface area contributed by atoms with Crippen LogP contribution >= 0.6 is 11.3 Å². The van der Waals surface area contributed by atoms with Gasteiger partial charge < -0.3 is 0 Å². The van der Waals surface area contributed by atoms with E-state index in [9.17, 15) is 12.8 Å². The average Bonchev–Trinajstić information content (AvgIpc) is 2.97. The highest BCUT2D eigenvalue weighted by atomic mass is 32.2. The van der Waals surface area contributed by atoms with Gasteiger partial charge in [-0.15, -0.1) is 11.3 Å². The molecule has 0 aliphatic heterocycles. The second-order valence-electron chi connectivity index (χ2n) is 5.15. The molecule has 23 heavy (non-hydrogen) atoms. The van der Waals surface area contributed by atoms with Gasteiger partial charge in [-0.05, 0) is 31.2 Å². The van der Waals surface area contributed by atoms with Crippen molar-refractivity contribution in [2.75, 3.05) is 7.05 Å². The molecule has 0 N–H and O–H groups in total. The third kappa shape index (κ3) is 2.87. The molecule has 0 radical (unpaired) electrons. The van der Waals surface area contributed by atoms with Crippen LogP contribution in [0.25, 0.3) is 10.2 Å². The van der Waals surface area contributed by atoms with Crippen molar-refractivity contribution in [3.05, 3.63) is 59.4 Å². The Labute approximate surface area is 138 Å². The van der Waals surface area contributed by atoms with E-state index in [0.29, 0.717) is 5.01 Å². The maximum Gasteiger partial charge on any atom is 0.246 e. The van der Waals surface area contributed by atoms with E-state index in [1.807, 2.05) is 24.3 Å². The molecule has 0 spiro atoms. The lowest BCUT2D eigenvalue weighted by atomic mass is 10.3. The summed E-state index contributed by atoms with van der Waals surface area (Å²) >= 11 is 1.44. The maximum atomic E-state index is 13.9. The standard InChI is InChI=1S/C16H15FN2O2S2/c1-11(16-18-13-8-4-5-9-14(13)22-16)19(2)23(20,21)15-10-6-3-7-12(15)17/h3-11H,1-2H3/t11-/m1/s1. The van der Waals surface area contributed by atoms with E-state index in [1.165, 1.54) is 36.6 Å². The minimum Gasteiger partial charge on any atom is -0.239 e. The number of hydrogen-bond donors (Lipinski definition) is 0. The lowest BCUT2D eigenvalue weighted by molar-refractivity contribution is 0.394. The lowest BCUT2D eigenvalue weighted by Gasteiger charge is -2.22. The van der Waals surface area contributed by atoms with Gasteiger partial charge >= 0.3 is 0 Å². The van der Waals surface area contributed by atoms with Crippen molar-refractivity contribution < 1.29 is 12.8 Å². The number of para-hydroxylation sites is 1. The number of sulfonamides is 1. The smallest absolute Gasteiger partial charge is 0.239 e. The second kappa shape index (κ2) is 5.99. The Kier molecular flexibility index (Phi) is 4.18. The van der Waals surface area contributed by atoms with Gasteiger partial charge in [-0.3, -0.25) is 0 Å². The number of fused-ring (bicyclic) bond motifs is 1. The molecule has 3 aromatic rings. The average molecular weight is 350 g/mol. The SMILES string of the molecule is C[C@H](c1nc2ccccc2s1)N(C)S(=O)(=O)c1ccccc1F. The summed E-state index contributed by atoms with van der Waals surface area (Å²) in [6, 6.07) is 12.5. The summed E-state index contributed by atoms with van der Waals surface area (Å²) in [6.45, 7) is 1.75. The van der Waals surface area contributed by atoms with Crippen molar-refractivity contribution in [3.8, 4) is 0 Å². The summed E-state index contributed by atoms with van der Waals surface area (Å²) < 4.78 is 41.3. The number of thiazole rings is 1. The molecule has 0 unspecified atom stereocenters. The van der Waals surface area contributed by atoms with Crippen LogP contribution in [0.15, 0.2) is 53.4 Å². The zero-order chi connectivity index (χ0) is 16.6. The molecular formula is C16H15FN2O2S2. The number of halogens is 1. The van der Waals surface area contributed by atoms with Crippen molar-refractivity contribution >= 4 is 31.6 Å². The molecule has 3 rings (SSSR count). The van der Waals surface area contributed by atoms with Gasteiger partial charge in [-0.1, -0.05) is 24.3 Å². The summed E-state index contributed by atoms with van der Waals surface area (Å²) in [4.78, 5) is 4.16. The van der Waals surface area contributed by atoms with Gasteiger partial charge in [0, 0.05) is 7.05 Å². The van der Waals surface area contributed by atoms with Crippen molar-refractivity contribution in [2.24, 2.45) is 0 Å². The van der Waals surface area contributed by atoms with Crippen LogP contribution in [0.5, 0.6) is 0 Å². The van der Waals surface area contributed by atoms with Gasteiger partial charge in [0.05, 0.1) is 16.3 Å². The Bertz CT molecular complexity index is 920. The summed E-state index contributed by atoms with van der Waals surface area (Å²) in [7, 11) is -2.49. The van der Waals surface area contributed by atoms with Gasteiger partial charge in [0.15, 0.2) is 0 Å². The zero-order valence-electron chi connectivity index (χ0n) is 12.6. The van der Waals surface area contributed by atoms with Gasteiger partial charge in [-0.2, -0.15) is 4.31 Å². The molecule has 120 valence electrons.